The number of hydrogen-bond acceptors (Lipinski definition) is 4. The number of amides is 1. The Morgan fingerprint density at radius 1 is 1.15 bits per heavy atom. The first-order valence-corrected chi connectivity index (χ1v) is 6.67. The van der Waals surface area contributed by atoms with Crippen molar-refractivity contribution in [1.29, 1.82) is 0 Å². The monoisotopic (exact) mass is 281 g/mol. The fourth-order valence-corrected chi connectivity index (χ4v) is 1.23. The summed E-state index contributed by atoms with van der Waals surface area (Å²) in [6, 6.07) is 6.99. The molecule has 20 heavy (non-hydrogen) atoms. The fraction of sp³-hybridized carbons (Fsp3) is 0.467. The van der Waals surface area contributed by atoms with Crippen LogP contribution >= 0.6 is 0 Å². The molecule has 0 aromatic heterocycles. The third-order valence-electron chi connectivity index (χ3n) is 1.99. The Morgan fingerprint density at radius 2 is 1.70 bits per heavy atom. The van der Waals surface area contributed by atoms with Crippen LogP contribution in [0.1, 0.15) is 40.2 Å². The van der Waals surface area contributed by atoms with Gasteiger partial charge in [-0.25, -0.2) is 4.79 Å². The highest BCUT2D eigenvalue weighted by atomic mass is 16.6. The van der Waals surface area contributed by atoms with Gasteiger partial charge in [0.1, 0.15) is 6.61 Å². The molecule has 0 bridgehead atoms. The smallest absolute Gasteiger partial charge is 0.411 e. The van der Waals surface area contributed by atoms with Gasteiger partial charge in [-0.2, -0.15) is 0 Å². The minimum Gasteiger partial charge on any atom is -0.461 e. The maximum Gasteiger partial charge on any atom is 0.411 e. The Hall–Kier alpha value is -2.04. The molecular formula is C15H23NO4. The third kappa shape index (κ3) is 8.13. The van der Waals surface area contributed by atoms with E-state index in [-0.39, 0.29) is 18.7 Å². The predicted octanol–water partition coefficient (Wildman–Crippen LogP) is 3.73. The van der Waals surface area contributed by atoms with Crippen LogP contribution < -0.4 is 5.32 Å². The Bertz CT molecular complexity index is 412. The van der Waals surface area contributed by atoms with Gasteiger partial charge in [0.15, 0.2) is 0 Å². The van der Waals surface area contributed by atoms with Crippen molar-refractivity contribution in [3.05, 3.63) is 29.8 Å². The third-order valence-corrected chi connectivity index (χ3v) is 1.99. The second-order valence-electron chi connectivity index (χ2n) is 4.06. The van der Waals surface area contributed by atoms with Gasteiger partial charge >= 0.3 is 12.1 Å². The largest absolute Gasteiger partial charge is 0.461 e. The highest BCUT2D eigenvalue weighted by Gasteiger charge is 2.05. The predicted molar refractivity (Wildman–Crippen MR) is 78.5 cm³/mol. The molecule has 0 spiro atoms. The topological polar surface area (TPSA) is 64.6 Å². The quantitative estimate of drug-likeness (QED) is 0.854. The van der Waals surface area contributed by atoms with E-state index >= 15 is 0 Å². The summed E-state index contributed by atoms with van der Waals surface area (Å²) in [6.45, 7) is 9.15. The molecule has 5 nitrogen and oxygen atoms in total. The van der Waals surface area contributed by atoms with Crippen LogP contribution in [-0.2, 0) is 20.9 Å². The van der Waals surface area contributed by atoms with Crippen LogP contribution in [0.2, 0.25) is 0 Å². The highest BCUT2D eigenvalue weighted by Crippen LogP contribution is 2.11. The Labute approximate surface area is 120 Å². The maximum atomic E-state index is 11.3. The number of nitrogens with one attached hydrogen (secondary N) is 1. The molecule has 112 valence electrons. The number of benzene rings is 1. The highest BCUT2D eigenvalue weighted by molar-refractivity contribution is 5.84. The molecule has 0 aliphatic carbocycles. The molecule has 0 aliphatic heterocycles. The molecule has 0 fully saturated rings. The van der Waals surface area contributed by atoms with Crippen LogP contribution in [0.3, 0.4) is 0 Å². The van der Waals surface area contributed by atoms with Crippen LogP contribution in [0.4, 0.5) is 10.5 Å². The molecule has 0 atom stereocenters. The standard InChI is InChI=1S/C13H17NO4.C2H6/c1-9(2)18-13(16)14-12-6-4-11(5-7-12)8-17-10(3)15;1-2/h4-7,9H,8H2,1-3H3,(H,14,16);1-2H3. The number of hydrogen-bond donors (Lipinski definition) is 1. The van der Waals surface area contributed by atoms with Crippen molar-refractivity contribution < 1.29 is 19.1 Å². The summed E-state index contributed by atoms with van der Waals surface area (Å²) < 4.78 is 9.79. The van der Waals surface area contributed by atoms with Crippen LogP contribution in [-0.4, -0.2) is 18.2 Å². The zero-order valence-electron chi connectivity index (χ0n) is 12.7. The molecule has 5 heteroatoms. The van der Waals surface area contributed by atoms with Gasteiger partial charge in [-0.1, -0.05) is 26.0 Å². The van der Waals surface area contributed by atoms with Crippen molar-refractivity contribution in [3.8, 4) is 0 Å². The summed E-state index contributed by atoms with van der Waals surface area (Å²) >= 11 is 0. The minimum atomic E-state index is -0.488. The van der Waals surface area contributed by atoms with E-state index < -0.39 is 6.09 Å². The van der Waals surface area contributed by atoms with E-state index in [9.17, 15) is 9.59 Å². The number of rotatable bonds is 4. The van der Waals surface area contributed by atoms with Gasteiger partial charge in [0, 0.05) is 12.6 Å². The molecule has 0 saturated heterocycles. The number of carbonyl (C=O) groups is 2. The van der Waals surface area contributed by atoms with E-state index in [1.54, 1.807) is 38.1 Å². The fourth-order valence-electron chi connectivity index (χ4n) is 1.23. The molecular weight excluding hydrogens is 258 g/mol. The molecule has 1 amide bonds. The lowest BCUT2D eigenvalue weighted by Crippen LogP contribution is -2.17. The molecule has 0 unspecified atom stereocenters. The van der Waals surface area contributed by atoms with E-state index in [2.05, 4.69) is 5.32 Å². The van der Waals surface area contributed by atoms with Gasteiger partial charge in [0.2, 0.25) is 0 Å². The lowest BCUT2D eigenvalue weighted by Gasteiger charge is -2.09. The van der Waals surface area contributed by atoms with E-state index in [0.717, 1.165) is 5.56 Å². The number of ether oxygens (including phenoxy) is 2. The Kier molecular flexibility index (Phi) is 8.83. The van der Waals surface area contributed by atoms with E-state index in [4.69, 9.17) is 9.47 Å². The second kappa shape index (κ2) is 9.83. The van der Waals surface area contributed by atoms with Crippen molar-refractivity contribution in [2.75, 3.05) is 5.32 Å². The van der Waals surface area contributed by atoms with Crippen molar-refractivity contribution in [2.45, 2.75) is 47.3 Å². The second-order valence-corrected chi connectivity index (χ2v) is 4.06. The zero-order valence-corrected chi connectivity index (χ0v) is 12.7. The first kappa shape index (κ1) is 18.0. The molecule has 0 saturated carbocycles. The molecule has 1 rings (SSSR count). The average molecular weight is 281 g/mol. The van der Waals surface area contributed by atoms with Crippen molar-refractivity contribution in [1.82, 2.24) is 0 Å². The van der Waals surface area contributed by atoms with Crippen LogP contribution in [0.15, 0.2) is 24.3 Å². The van der Waals surface area contributed by atoms with Gasteiger partial charge in [0.25, 0.3) is 0 Å². The zero-order chi connectivity index (χ0) is 15.5. The van der Waals surface area contributed by atoms with Crippen molar-refractivity contribution >= 4 is 17.7 Å². The van der Waals surface area contributed by atoms with Gasteiger partial charge < -0.3 is 9.47 Å². The van der Waals surface area contributed by atoms with Gasteiger partial charge in [-0.3, -0.25) is 10.1 Å². The molecule has 1 aromatic rings. The van der Waals surface area contributed by atoms with Gasteiger partial charge in [-0.15, -0.1) is 0 Å². The lowest BCUT2D eigenvalue weighted by molar-refractivity contribution is -0.142. The normalized spacial score (nSPS) is 9.30. The first-order chi connectivity index (χ1) is 9.47. The van der Waals surface area contributed by atoms with Gasteiger partial charge in [0.05, 0.1) is 6.10 Å². The minimum absolute atomic E-state index is 0.159. The summed E-state index contributed by atoms with van der Waals surface area (Å²) in [5.74, 6) is -0.322. The summed E-state index contributed by atoms with van der Waals surface area (Å²) in [4.78, 5) is 22.0. The Morgan fingerprint density at radius 3 is 2.15 bits per heavy atom. The van der Waals surface area contributed by atoms with Crippen molar-refractivity contribution in [2.24, 2.45) is 0 Å². The lowest BCUT2D eigenvalue weighted by atomic mass is 10.2. The van der Waals surface area contributed by atoms with E-state index in [1.807, 2.05) is 13.8 Å². The van der Waals surface area contributed by atoms with Gasteiger partial charge in [-0.05, 0) is 31.5 Å². The molecule has 1 N–H and O–H groups in total. The summed E-state index contributed by atoms with van der Waals surface area (Å²) in [5.41, 5.74) is 1.49. The summed E-state index contributed by atoms with van der Waals surface area (Å²) in [6.07, 6.45) is -0.647. The molecule has 0 aliphatic rings. The SMILES string of the molecule is CC.CC(=O)OCc1ccc(NC(=O)OC(C)C)cc1. The molecule has 0 heterocycles. The van der Waals surface area contributed by atoms with Crippen LogP contribution in [0, 0.1) is 0 Å². The number of anilines is 1. The first-order valence-electron chi connectivity index (χ1n) is 6.67. The maximum absolute atomic E-state index is 11.3. The number of esters is 1. The molecule has 1 aromatic carbocycles. The van der Waals surface area contributed by atoms with Crippen LogP contribution in [0.5, 0.6) is 0 Å². The molecule has 0 radical (unpaired) electrons. The number of carbonyl (C=O) groups excluding carboxylic acids is 2. The summed E-state index contributed by atoms with van der Waals surface area (Å²) in [7, 11) is 0. The van der Waals surface area contributed by atoms with Crippen molar-refractivity contribution in [3.63, 3.8) is 0 Å². The summed E-state index contributed by atoms with van der Waals surface area (Å²) in [5, 5.41) is 2.60. The Balaban J connectivity index is 0.00000172. The van der Waals surface area contributed by atoms with Crippen LogP contribution in [0.25, 0.3) is 0 Å². The van der Waals surface area contributed by atoms with E-state index in [1.165, 1.54) is 6.92 Å². The van der Waals surface area contributed by atoms with E-state index in [0.29, 0.717) is 5.69 Å². The average Bonchev–Trinajstić information content (AvgIpc) is 2.39.